The van der Waals surface area contributed by atoms with Crippen LogP contribution in [0.3, 0.4) is 0 Å². The zero-order valence-corrected chi connectivity index (χ0v) is 21.2. The fraction of sp³-hybridized carbons (Fsp3) is 0.185. The van der Waals surface area contributed by atoms with Crippen molar-refractivity contribution < 1.29 is 20.8 Å². The fourth-order valence-corrected chi connectivity index (χ4v) is 4.61. The molecular weight excluding hydrogens is 486 g/mol. The van der Waals surface area contributed by atoms with Crippen molar-refractivity contribution in [1.29, 1.82) is 0 Å². The van der Waals surface area contributed by atoms with Crippen molar-refractivity contribution in [1.82, 2.24) is 0 Å². The molecule has 0 amide bonds. The van der Waals surface area contributed by atoms with Crippen LogP contribution >= 0.6 is 17.0 Å². The monoisotopic (exact) mass is 508 g/mol. The van der Waals surface area contributed by atoms with Crippen molar-refractivity contribution in [3.05, 3.63) is 89.5 Å². The van der Waals surface area contributed by atoms with E-state index in [9.17, 15) is 0 Å². The molecule has 0 fully saturated rings. The number of halogens is 2. The molecule has 0 atom stereocenters. The van der Waals surface area contributed by atoms with E-state index < -0.39 is 20.8 Å². The predicted molar refractivity (Wildman–Crippen MR) is 130 cm³/mol. The first-order valence-electron chi connectivity index (χ1n) is 10.3. The van der Waals surface area contributed by atoms with Crippen molar-refractivity contribution in [2.24, 2.45) is 5.92 Å². The molecule has 5 rings (SSSR count). The Hall–Kier alpha value is -1.40. The molecule has 0 spiro atoms. The first-order valence-corrected chi connectivity index (χ1v) is 16.6. The SMILES string of the molecule is CC(C)CC1=Cc2c(cccc2-c2c3ccccc3cc3ccccc23)C1.[Cl][Zr][Cl]. The van der Waals surface area contributed by atoms with Gasteiger partial charge in [0.2, 0.25) is 0 Å². The van der Waals surface area contributed by atoms with Crippen LogP contribution in [-0.4, -0.2) is 0 Å². The molecule has 0 heterocycles. The molecule has 150 valence electrons. The molecule has 0 N–H and O–H groups in total. The summed E-state index contributed by atoms with van der Waals surface area (Å²) in [6.07, 6.45) is 4.75. The molecule has 4 aromatic carbocycles. The van der Waals surface area contributed by atoms with Gasteiger partial charge in [0.15, 0.2) is 0 Å². The molecule has 0 bridgehead atoms. The van der Waals surface area contributed by atoms with Crippen LogP contribution in [0.1, 0.15) is 31.4 Å². The zero-order valence-electron chi connectivity index (χ0n) is 17.3. The van der Waals surface area contributed by atoms with E-state index in [1.54, 1.807) is 5.57 Å². The summed E-state index contributed by atoms with van der Waals surface area (Å²) in [6, 6.07) is 26.7. The minimum absolute atomic E-state index is 0.701. The van der Waals surface area contributed by atoms with Crippen molar-refractivity contribution in [3.63, 3.8) is 0 Å². The number of hydrogen-bond acceptors (Lipinski definition) is 0. The average Bonchev–Trinajstić information content (AvgIpc) is 3.14. The Kier molecular flexibility index (Phi) is 7.14. The van der Waals surface area contributed by atoms with E-state index in [0.29, 0.717) is 5.92 Å². The van der Waals surface area contributed by atoms with Crippen LogP contribution in [0.2, 0.25) is 0 Å². The van der Waals surface area contributed by atoms with E-state index in [1.165, 1.54) is 50.2 Å². The van der Waals surface area contributed by atoms with Crippen LogP contribution < -0.4 is 0 Å². The fourth-order valence-electron chi connectivity index (χ4n) is 4.61. The van der Waals surface area contributed by atoms with Gasteiger partial charge in [-0.25, -0.2) is 0 Å². The summed E-state index contributed by atoms with van der Waals surface area (Å²) in [5.74, 6) is 0.701. The van der Waals surface area contributed by atoms with Gasteiger partial charge in [-0.2, -0.15) is 0 Å². The first-order chi connectivity index (χ1) is 14.6. The van der Waals surface area contributed by atoms with E-state index >= 15 is 0 Å². The number of rotatable bonds is 3. The van der Waals surface area contributed by atoms with Crippen LogP contribution in [0.5, 0.6) is 0 Å². The third-order valence-electron chi connectivity index (χ3n) is 5.67. The molecule has 0 nitrogen and oxygen atoms in total. The molecular formula is C27H24Cl2Zr. The van der Waals surface area contributed by atoms with Crippen LogP contribution in [0.4, 0.5) is 0 Å². The van der Waals surface area contributed by atoms with Crippen molar-refractivity contribution in [2.45, 2.75) is 26.7 Å². The molecule has 0 saturated heterocycles. The van der Waals surface area contributed by atoms with Gasteiger partial charge in [-0.3, -0.25) is 0 Å². The van der Waals surface area contributed by atoms with Crippen LogP contribution in [-0.2, 0) is 27.3 Å². The normalized spacial score (nSPS) is 12.5. The maximum atomic E-state index is 4.93. The Morgan fingerprint density at radius 2 is 1.43 bits per heavy atom. The third-order valence-corrected chi connectivity index (χ3v) is 5.67. The summed E-state index contributed by atoms with van der Waals surface area (Å²) in [7, 11) is 9.87. The van der Waals surface area contributed by atoms with Crippen molar-refractivity contribution in [2.75, 3.05) is 0 Å². The number of fused-ring (bicyclic) bond motifs is 3. The van der Waals surface area contributed by atoms with E-state index in [2.05, 4.69) is 92.7 Å². The second kappa shape index (κ2) is 9.82. The Morgan fingerprint density at radius 3 is 2.03 bits per heavy atom. The van der Waals surface area contributed by atoms with Gasteiger partial charge in [-0.1, -0.05) is 92.2 Å². The Balaban J connectivity index is 0.000000687. The summed E-state index contributed by atoms with van der Waals surface area (Å²) in [6.45, 7) is 4.62. The average molecular weight is 511 g/mol. The summed E-state index contributed by atoms with van der Waals surface area (Å²) in [5, 5.41) is 5.31. The molecule has 1 aliphatic carbocycles. The molecule has 1 aliphatic rings. The van der Waals surface area contributed by atoms with Gasteiger partial charge < -0.3 is 0 Å². The van der Waals surface area contributed by atoms with E-state index in [0.717, 1.165) is 6.42 Å². The van der Waals surface area contributed by atoms with Gasteiger partial charge in [-0.05, 0) is 68.6 Å². The quantitative estimate of drug-likeness (QED) is 0.241. The minimum atomic E-state index is -0.826. The summed E-state index contributed by atoms with van der Waals surface area (Å²) >= 11 is -0.826. The molecule has 3 heteroatoms. The van der Waals surface area contributed by atoms with Gasteiger partial charge >= 0.3 is 37.9 Å². The Labute approximate surface area is 197 Å². The van der Waals surface area contributed by atoms with Gasteiger partial charge in [0, 0.05) is 0 Å². The number of hydrogen-bond donors (Lipinski definition) is 0. The Morgan fingerprint density at radius 1 is 0.833 bits per heavy atom. The summed E-state index contributed by atoms with van der Waals surface area (Å²) in [5.41, 5.74) is 7.22. The number of allylic oxidation sites excluding steroid dienone is 1. The first kappa shape index (κ1) is 21.8. The predicted octanol–water partition coefficient (Wildman–Crippen LogP) is 9.02. The van der Waals surface area contributed by atoms with Crippen molar-refractivity contribution in [3.8, 4) is 11.1 Å². The molecule has 30 heavy (non-hydrogen) atoms. The van der Waals surface area contributed by atoms with Crippen LogP contribution in [0.15, 0.2) is 78.4 Å². The van der Waals surface area contributed by atoms with Gasteiger partial charge in [0.05, 0.1) is 0 Å². The van der Waals surface area contributed by atoms with Crippen molar-refractivity contribution >= 4 is 44.6 Å². The van der Waals surface area contributed by atoms with E-state index in [4.69, 9.17) is 17.0 Å². The van der Waals surface area contributed by atoms with Gasteiger partial charge in [0.1, 0.15) is 0 Å². The molecule has 0 saturated carbocycles. The van der Waals surface area contributed by atoms with Gasteiger partial charge in [0.25, 0.3) is 0 Å². The second-order valence-corrected chi connectivity index (χ2v) is 12.0. The summed E-state index contributed by atoms with van der Waals surface area (Å²) in [4.78, 5) is 0. The summed E-state index contributed by atoms with van der Waals surface area (Å²) < 4.78 is 0. The van der Waals surface area contributed by atoms with E-state index in [1.807, 2.05) is 0 Å². The molecule has 0 aliphatic heterocycles. The zero-order chi connectivity index (χ0) is 21.1. The molecule has 0 aromatic heterocycles. The standard InChI is InChI=1S/C27H24.2ClH.Zr/c1-18(2)14-19-15-20-10-7-13-25(26(20)16-19)27-23-11-5-3-8-21(23)17-22-9-4-6-12-24(22)27;;;/h3-13,16-18H,14-15H2,1-2H3;2*1H;/q;;;+2/p-2. The van der Waals surface area contributed by atoms with Gasteiger partial charge in [-0.15, -0.1) is 0 Å². The number of benzene rings is 4. The topological polar surface area (TPSA) is 0 Å². The Bertz CT molecular complexity index is 1170. The second-order valence-electron chi connectivity index (χ2n) is 8.22. The molecule has 4 aromatic rings. The van der Waals surface area contributed by atoms with Crippen LogP contribution in [0, 0.1) is 5.92 Å². The van der Waals surface area contributed by atoms with Crippen LogP contribution in [0.25, 0.3) is 38.7 Å². The molecule has 0 unspecified atom stereocenters. The van der Waals surface area contributed by atoms with E-state index in [-0.39, 0.29) is 0 Å². The third kappa shape index (κ3) is 4.45. The molecule has 0 radical (unpaired) electrons. The maximum absolute atomic E-state index is 4.93.